The molecule has 0 aliphatic carbocycles. The SMILES string of the molecule is CCn1c(=O)c2c(nc3n2[C@H](C)C(C)=NN3)n(C)c1=O. The number of hydrazone groups is 1. The number of nitrogens with one attached hydrogen (secondary N) is 1. The normalized spacial score (nSPS) is 17.8. The van der Waals surface area contributed by atoms with E-state index in [9.17, 15) is 9.59 Å². The van der Waals surface area contributed by atoms with Crippen molar-refractivity contribution in [2.45, 2.75) is 33.4 Å². The molecule has 106 valence electrons. The Balaban J connectivity index is 2.51. The highest BCUT2D eigenvalue weighted by atomic mass is 16.2. The van der Waals surface area contributed by atoms with Crippen LogP contribution in [0.4, 0.5) is 5.95 Å². The van der Waals surface area contributed by atoms with Gasteiger partial charge in [-0.05, 0) is 20.8 Å². The van der Waals surface area contributed by atoms with Crippen molar-refractivity contribution >= 4 is 22.8 Å². The number of aryl methyl sites for hydroxylation is 1. The molecule has 1 N–H and O–H groups in total. The van der Waals surface area contributed by atoms with Crippen molar-refractivity contribution in [2.75, 3.05) is 5.43 Å². The van der Waals surface area contributed by atoms with Gasteiger partial charge in [-0.3, -0.25) is 18.5 Å². The third-order valence-corrected chi connectivity index (χ3v) is 3.82. The maximum atomic E-state index is 12.5. The second-order valence-corrected chi connectivity index (χ2v) is 4.91. The summed E-state index contributed by atoms with van der Waals surface area (Å²) < 4.78 is 4.41. The minimum Gasteiger partial charge on any atom is -0.294 e. The molecular weight excluding hydrogens is 260 g/mol. The summed E-state index contributed by atoms with van der Waals surface area (Å²) in [6.07, 6.45) is 0. The molecule has 1 atom stereocenters. The van der Waals surface area contributed by atoms with E-state index in [1.165, 1.54) is 9.13 Å². The van der Waals surface area contributed by atoms with Gasteiger partial charge in [-0.1, -0.05) is 0 Å². The maximum Gasteiger partial charge on any atom is 0.332 e. The zero-order valence-electron chi connectivity index (χ0n) is 11.8. The molecule has 0 saturated carbocycles. The molecule has 0 amide bonds. The summed E-state index contributed by atoms with van der Waals surface area (Å²) in [6, 6.07) is -0.0771. The Bertz CT molecular complexity index is 853. The molecule has 0 saturated heterocycles. The Morgan fingerprint density at radius 1 is 1.35 bits per heavy atom. The van der Waals surface area contributed by atoms with Crippen molar-refractivity contribution in [3.05, 3.63) is 20.8 Å². The van der Waals surface area contributed by atoms with E-state index in [1.54, 1.807) is 18.5 Å². The van der Waals surface area contributed by atoms with Gasteiger partial charge in [-0.25, -0.2) is 10.2 Å². The number of fused-ring (bicyclic) bond motifs is 3. The average Bonchev–Trinajstić information content (AvgIpc) is 2.82. The summed E-state index contributed by atoms with van der Waals surface area (Å²) in [7, 11) is 1.62. The first-order valence-corrected chi connectivity index (χ1v) is 6.49. The highest BCUT2D eigenvalue weighted by Gasteiger charge is 2.26. The topological polar surface area (TPSA) is 86.2 Å². The van der Waals surface area contributed by atoms with Gasteiger partial charge in [0.15, 0.2) is 11.2 Å². The molecule has 8 nitrogen and oxygen atoms in total. The second kappa shape index (κ2) is 4.06. The van der Waals surface area contributed by atoms with Crippen LogP contribution < -0.4 is 16.7 Å². The van der Waals surface area contributed by atoms with Crippen LogP contribution in [0, 0.1) is 0 Å². The van der Waals surface area contributed by atoms with E-state index in [2.05, 4.69) is 15.5 Å². The van der Waals surface area contributed by atoms with E-state index in [0.29, 0.717) is 23.7 Å². The van der Waals surface area contributed by atoms with Crippen molar-refractivity contribution in [3.63, 3.8) is 0 Å². The number of nitrogens with zero attached hydrogens (tertiary/aromatic N) is 5. The fraction of sp³-hybridized carbons (Fsp3) is 0.500. The lowest BCUT2D eigenvalue weighted by Crippen LogP contribution is -2.39. The van der Waals surface area contributed by atoms with Crippen LogP contribution in [0.2, 0.25) is 0 Å². The lowest BCUT2D eigenvalue weighted by atomic mass is 10.2. The lowest BCUT2D eigenvalue weighted by molar-refractivity contribution is 0.628. The van der Waals surface area contributed by atoms with E-state index in [4.69, 9.17) is 0 Å². The number of hydrogen-bond donors (Lipinski definition) is 1. The monoisotopic (exact) mass is 276 g/mol. The molecule has 0 fully saturated rings. The molecule has 0 unspecified atom stereocenters. The van der Waals surface area contributed by atoms with Crippen LogP contribution in [0.3, 0.4) is 0 Å². The summed E-state index contributed by atoms with van der Waals surface area (Å²) in [6.45, 7) is 5.94. The van der Waals surface area contributed by atoms with Crippen LogP contribution in [0.5, 0.6) is 0 Å². The second-order valence-electron chi connectivity index (χ2n) is 4.91. The maximum absolute atomic E-state index is 12.5. The van der Waals surface area contributed by atoms with Crippen molar-refractivity contribution in [1.82, 2.24) is 18.7 Å². The molecule has 1 aliphatic rings. The Morgan fingerprint density at radius 2 is 2.05 bits per heavy atom. The quantitative estimate of drug-likeness (QED) is 0.810. The molecule has 0 radical (unpaired) electrons. The van der Waals surface area contributed by atoms with Crippen molar-refractivity contribution in [2.24, 2.45) is 12.1 Å². The van der Waals surface area contributed by atoms with E-state index >= 15 is 0 Å². The zero-order chi connectivity index (χ0) is 14.6. The van der Waals surface area contributed by atoms with Crippen LogP contribution in [0.25, 0.3) is 11.2 Å². The summed E-state index contributed by atoms with van der Waals surface area (Å²) in [4.78, 5) is 29.0. The van der Waals surface area contributed by atoms with E-state index < -0.39 is 0 Å². The third kappa shape index (κ3) is 1.41. The van der Waals surface area contributed by atoms with Crippen LogP contribution >= 0.6 is 0 Å². The molecule has 3 heterocycles. The fourth-order valence-electron chi connectivity index (χ4n) is 2.49. The summed E-state index contributed by atoms with van der Waals surface area (Å²) in [5.74, 6) is 0.485. The molecule has 2 aromatic heterocycles. The van der Waals surface area contributed by atoms with E-state index in [0.717, 1.165) is 5.71 Å². The predicted molar refractivity (Wildman–Crippen MR) is 76.4 cm³/mol. The molecule has 8 heteroatoms. The van der Waals surface area contributed by atoms with Gasteiger partial charge in [-0.15, -0.1) is 0 Å². The van der Waals surface area contributed by atoms with Crippen molar-refractivity contribution in [1.29, 1.82) is 0 Å². The molecule has 2 aromatic rings. The molecule has 0 spiro atoms. The number of anilines is 1. The Morgan fingerprint density at radius 3 is 2.70 bits per heavy atom. The van der Waals surface area contributed by atoms with Gasteiger partial charge >= 0.3 is 5.69 Å². The summed E-state index contributed by atoms with van der Waals surface area (Å²) in [5, 5.41) is 4.16. The van der Waals surface area contributed by atoms with E-state index in [1.807, 2.05) is 13.8 Å². The first-order valence-electron chi connectivity index (χ1n) is 6.49. The number of hydrogen-bond acceptors (Lipinski definition) is 5. The van der Waals surface area contributed by atoms with Gasteiger partial charge in [0.1, 0.15) is 0 Å². The minimum atomic E-state index is -0.356. The number of aromatic nitrogens is 4. The van der Waals surface area contributed by atoms with Crippen LogP contribution in [-0.2, 0) is 13.6 Å². The van der Waals surface area contributed by atoms with Crippen LogP contribution in [-0.4, -0.2) is 24.4 Å². The number of rotatable bonds is 1. The predicted octanol–water partition coefficient (Wildman–Crippen LogP) is 0.279. The highest BCUT2D eigenvalue weighted by Crippen LogP contribution is 2.25. The van der Waals surface area contributed by atoms with E-state index in [-0.39, 0.29) is 17.3 Å². The van der Waals surface area contributed by atoms with Gasteiger partial charge in [0.25, 0.3) is 5.56 Å². The fourth-order valence-corrected chi connectivity index (χ4v) is 2.49. The largest absolute Gasteiger partial charge is 0.332 e. The Hall–Kier alpha value is -2.38. The molecule has 0 bridgehead atoms. The van der Waals surface area contributed by atoms with Crippen molar-refractivity contribution < 1.29 is 0 Å². The van der Waals surface area contributed by atoms with Gasteiger partial charge < -0.3 is 0 Å². The molecular formula is C12H16N6O2. The first-order chi connectivity index (χ1) is 9.47. The van der Waals surface area contributed by atoms with Crippen molar-refractivity contribution in [3.8, 4) is 0 Å². The third-order valence-electron chi connectivity index (χ3n) is 3.82. The van der Waals surface area contributed by atoms with Gasteiger partial charge in [0.2, 0.25) is 5.95 Å². The zero-order valence-corrected chi connectivity index (χ0v) is 11.8. The van der Waals surface area contributed by atoms with Gasteiger partial charge in [0, 0.05) is 13.6 Å². The highest BCUT2D eigenvalue weighted by molar-refractivity contribution is 5.90. The average molecular weight is 276 g/mol. The standard InChI is InChI=1S/C12H16N6O2/c1-5-17-10(19)8-9(16(4)12(17)20)13-11-15-14-6(2)7(3)18(8)11/h7H,5H2,1-4H3,(H,13,15)/t7-/m1/s1. The molecule has 1 aliphatic heterocycles. The summed E-state index contributed by atoms with van der Waals surface area (Å²) in [5.41, 5.74) is 3.81. The Kier molecular flexibility index (Phi) is 2.56. The van der Waals surface area contributed by atoms with Gasteiger partial charge in [-0.2, -0.15) is 10.1 Å². The molecule has 3 rings (SSSR count). The lowest BCUT2D eigenvalue weighted by Gasteiger charge is -2.21. The van der Waals surface area contributed by atoms with Crippen LogP contribution in [0.1, 0.15) is 26.8 Å². The summed E-state index contributed by atoms with van der Waals surface area (Å²) >= 11 is 0. The molecule has 20 heavy (non-hydrogen) atoms. The minimum absolute atomic E-state index is 0.0771. The number of imidazole rings is 1. The smallest absolute Gasteiger partial charge is 0.294 e. The van der Waals surface area contributed by atoms with Crippen LogP contribution in [0.15, 0.2) is 14.7 Å². The Labute approximate surface area is 114 Å². The first kappa shape index (κ1) is 12.6. The molecule has 0 aromatic carbocycles. The van der Waals surface area contributed by atoms with Gasteiger partial charge in [0.05, 0.1) is 11.8 Å².